The number of hydrogen-bond donors (Lipinski definition) is 1. The molecule has 0 fully saturated rings. The first-order valence-corrected chi connectivity index (χ1v) is 7.87. The normalized spacial score (nSPS) is 12.0. The van der Waals surface area contributed by atoms with Crippen LogP contribution in [0.2, 0.25) is 0 Å². The fraction of sp³-hybridized carbons (Fsp3) is 0.316. The number of Topliss-reactive ketones (excluding diaryl/α,β-unsaturated/α-hetero) is 1. The molecule has 23 heavy (non-hydrogen) atoms. The molecule has 1 heterocycles. The van der Waals surface area contributed by atoms with Crippen LogP contribution in [0.5, 0.6) is 0 Å². The zero-order valence-electron chi connectivity index (χ0n) is 13.5. The molecule has 0 saturated heterocycles. The third-order valence-electron chi connectivity index (χ3n) is 3.55. The number of ketones is 1. The highest BCUT2D eigenvalue weighted by atomic mass is 16.1. The minimum Gasteiger partial charge on any atom is -0.354 e. The van der Waals surface area contributed by atoms with Gasteiger partial charge in [0.25, 0.3) is 0 Å². The van der Waals surface area contributed by atoms with E-state index in [1.807, 2.05) is 44.2 Å². The largest absolute Gasteiger partial charge is 0.354 e. The van der Waals surface area contributed by atoms with E-state index in [9.17, 15) is 9.59 Å². The maximum Gasteiger partial charge on any atom is 0.220 e. The Labute approximate surface area is 137 Å². The molecule has 0 bridgehead atoms. The second-order valence-corrected chi connectivity index (χ2v) is 5.80. The Morgan fingerprint density at radius 1 is 1.04 bits per heavy atom. The number of benzene rings is 1. The van der Waals surface area contributed by atoms with Crippen LogP contribution in [0.4, 0.5) is 0 Å². The van der Waals surface area contributed by atoms with Gasteiger partial charge in [-0.25, -0.2) is 0 Å². The number of rotatable bonds is 7. The van der Waals surface area contributed by atoms with Crippen LogP contribution in [0.3, 0.4) is 0 Å². The minimum absolute atomic E-state index is 0.0326. The van der Waals surface area contributed by atoms with Crippen molar-refractivity contribution in [3.05, 3.63) is 66.0 Å². The summed E-state index contributed by atoms with van der Waals surface area (Å²) in [5.74, 6) is -0.437. The van der Waals surface area contributed by atoms with E-state index in [4.69, 9.17) is 0 Å². The summed E-state index contributed by atoms with van der Waals surface area (Å²) in [6, 6.07) is 15.0. The van der Waals surface area contributed by atoms with E-state index in [0.29, 0.717) is 18.5 Å². The van der Waals surface area contributed by atoms with Gasteiger partial charge in [0.2, 0.25) is 5.91 Å². The molecule has 0 aliphatic rings. The predicted octanol–water partition coefficient (Wildman–Crippen LogP) is 3.35. The van der Waals surface area contributed by atoms with Crippen LogP contribution >= 0.6 is 0 Å². The Bertz CT molecular complexity index is 639. The van der Waals surface area contributed by atoms with Crippen LogP contribution in [-0.2, 0) is 4.79 Å². The monoisotopic (exact) mass is 310 g/mol. The van der Waals surface area contributed by atoms with Gasteiger partial charge in [0.05, 0.1) is 0 Å². The third-order valence-corrected chi connectivity index (χ3v) is 3.55. The lowest BCUT2D eigenvalue weighted by atomic mass is 9.88. The van der Waals surface area contributed by atoms with Crippen LogP contribution in [-0.4, -0.2) is 22.7 Å². The van der Waals surface area contributed by atoms with Crippen molar-refractivity contribution in [1.82, 2.24) is 10.3 Å². The summed E-state index contributed by atoms with van der Waals surface area (Å²) in [4.78, 5) is 28.8. The van der Waals surface area contributed by atoms with E-state index >= 15 is 0 Å². The van der Waals surface area contributed by atoms with E-state index in [2.05, 4.69) is 10.3 Å². The summed E-state index contributed by atoms with van der Waals surface area (Å²) in [5.41, 5.74) is 1.35. The van der Waals surface area contributed by atoms with E-state index < -0.39 is 0 Å². The molecule has 0 saturated carbocycles. The number of carbonyl (C=O) groups is 2. The molecule has 4 heteroatoms. The third kappa shape index (κ3) is 5.02. The van der Waals surface area contributed by atoms with Crippen molar-refractivity contribution in [3.8, 4) is 0 Å². The number of aromatic nitrogens is 1. The lowest BCUT2D eigenvalue weighted by Crippen LogP contribution is -2.30. The van der Waals surface area contributed by atoms with Gasteiger partial charge in [-0.2, -0.15) is 0 Å². The fourth-order valence-electron chi connectivity index (χ4n) is 2.49. The van der Waals surface area contributed by atoms with Crippen LogP contribution < -0.4 is 5.32 Å². The predicted molar refractivity (Wildman–Crippen MR) is 90.3 cm³/mol. The summed E-state index contributed by atoms with van der Waals surface area (Å²) in [7, 11) is 0. The SMILES string of the molecule is CC(C)NC(=O)CC[C@@H](C(=O)c1ccccn1)c1ccccc1. The molecule has 120 valence electrons. The molecule has 1 aromatic carbocycles. The summed E-state index contributed by atoms with van der Waals surface area (Å²) < 4.78 is 0. The van der Waals surface area contributed by atoms with Crippen LogP contribution in [0.25, 0.3) is 0 Å². The second kappa shape index (κ2) is 8.22. The number of nitrogens with zero attached hydrogens (tertiary/aromatic N) is 1. The quantitative estimate of drug-likeness (QED) is 0.798. The van der Waals surface area contributed by atoms with Gasteiger partial charge in [0, 0.05) is 24.6 Å². The van der Waals surface area contributed by atoms with Gasteiger partial charge in [-0.3, -0.25) is 14.6 Å². The van der Waals surface area contributed by atoms with Gasteiger partial charge in [-0.1, -0.05) is 36.4 Å². The van der Waals surface area contributed by atoms with Crippen LogP contribution in [0, 0.1) is 0 Å². The van der Waals surface area contributed by atoms with Gasteiger partial charge in [-0.05, 0) is 38.0 Å². The molecule has 1 amide bonds. The van der Waals surface area contributed by atoms with Crippen molar-refractivity contribution < 1.29 is 9.59 Å². The van der Waals surface area contributed by atoms with Crippen LogP contribution in [0.15, 0.2) is 54.7 Å². The molecule has 1 aromatic heterocycles. The van der Waals surface area contributed by atoms with Gasteiger partial charge >= 0.3 is 0 Å². The van der Waals surface area contributed by atoms with Crippen molar-refractivity contribution in [3.63, 3.8) is 0 Å². The molecular formula is C19H22N2O2. The first-order valence-electron chi connectivity index (χ1n) is 7.87. The van der Waals surface area contributed by atoms with Gasteiger partial charge in [0.1, 0.15) is 5.69 Å². The molecule has 4 nitrogen and oxygen atoms in total. The van der Waals surface area contributed by atoms with Gasteiger partial charge < -0.3 is 5.32 Å². The molecule has 0 aliphatic carbocycles. The minimum atomic E-state index is -0.357. The average molecular weight is 310 g/mol. The molecule has 2 rings (SSSR count). The average Bonchev–Trinajstić information content (AvgIpc) is 2.56. The molecule has 1 atom stereocenters. The standard InChI is InChI=1S/C19H22N2O2/c1-14(2)21-18(22)12-11-16(15-8-4-3-5-9-15)19(23)17-10-6-7-13-20-17/h3-10,13-14,16H,11-12H2,1-2H3,(H,21,22)/t16-/m1/s1. The number of carbonyl (C=O) groups excluding carboxylic acids is 2. The van der Waals surface area contributed by atoms with Crippen molar-refractivity contribution in [2.45, 2.75) is 38.6 Å². The van der Waals surface area contributed by atoms with E-state index in [1.54, 1.807) is 24.4 Å². The first-order chi connectivity index (χ1) is 11.1. The highest BCUT2D eigenvalue weighted by Gasteiger charge is 2.23. The summed E-state index contributed by atoms with van der Waals surface area (Å²) in [5, 5.41) is 2.86. The van der Waals surface area contributed by atoms with Crippen molar-refractivity contribution >= 4 is 11.7 Å². The van der Waals surface area contributed by atoms with E-state index in [0.717, 1.165) is 5.56 Å². The van der Waals surface area contributed by atoms with Gasteiger partial charge in [-0.15, -0.1) is 0 Å². The molecule has 0 unspecified atom stereocenters. The number of hydrogen-bond acceptors (Lipinski definition) is 3. The first kappa shape index (κ1) is 16.9. The van der Waals surface area contributed by atoms with Gasteiger partial charge in [0.15, 0.2) is 5.78 Å². The lowest BCUT2D eigenvalue weighted by Gasteiger charge is -2.16. The molecular weight excluding hydrogens is 288 g/mol. The Morgan fingerprint density at radius 2 is 1.74 bits per heavy atom. The summed E-state index contributed by atoms with van der Waals surface area (Å²) >= 11 is 0. The Balaban J connectivity index is 2.16. The van der Waals surface area contributed by atoms with Crippen LogP contribution in [0.1, 0.15) is 48.7 Å². The number of pyridine rings is 1. The fourth-order valence-corrected chi connectivity index (χ4v) is 2.49. The topological polar surface area (TPSA) is 59.1 Å². The highest BCUT2D eigenvalue weighted by Crippen LogP contribution is 2.25. The zero-order valence-corrected chi connectivity index (χ0v) is 13.5. The van der Waals surface area contributed by atoms with Crippen molar-refractivity contribution in [2.24, 2.45) is 0 Å². The second-order valence-electron chi connectivity index (χ2n) is 5.80. The smallest absolute Gasteiger partial charge is 0.220 e. The molecule has 0 aliphatic heterocycles. The Morgan fingerprint density at radius 3 is 2.35 bits per heavy atom. The van der Waals surface area contributed by atoms with Crippen molar-refractivity contribution in [2.75, 3.05) is 0 Å². The molecule has 0 radical (unpaired) electrons. The Hall–Kier alpha value is -2.49. The molecule has 1 N–H and O–H groups in total. The maximum absolute atomic E-state index is 12.8. The highest BCUT2D eigenvalue weighted by molar-refractivity contribution is 5.99. The zero-order chi connectivity index (χ0) is 16.7. The molecule has 0 spiro atoms. The lowest BCUT2D eigenvalue weighted by molar-refractivity contribution is -0.121. The number of amides is 1. The van der Waals surface area contributed by atoms with E-state index in [1.165, 1.54) is 0 Å². The number of nitrogens with one attached hydrogen (secondary N) is 1. The summed E-state index contributed by atoms with van der Waals surface area (Å²) in [6.45, 7) is 3.84. The maximum atomic E-state index is 12.8. The summed E-state index contributed by atoms with van der Waals surface area (Å²) in [6.07, 6.45) is 2.40. The van der Waals surface area contributed by atoms with Crippen molar-refractivity contribution in [1.29, 1.82) is 0 Å². The Kier molecular flexibility index (Phi) is 6.03. The molecule has 2 aromatic rings. The van der Waals surface area contributed by atoms with E-state index in [-0.39, 0.29) is 23.7 Å².